The van der Waals surface area contributed by atoms with Gasteiger partial charge in [-0.15, -0.1) is 0 Å². The Morgan fingerprint density at radius 2 is 2.31 bits per heavy atom. The van der Waals surface area contributed by atoms with Crippen molar-refractivity contribution >= 4 is 11.9 Å². The van der Waals surface area contributed by atoms with Crippen LogP contribution in [0, 0.1) is 11.3 Å². The molecular formula is C9H12O4. The first-order chi connectivity index (χ1) is 6.04. The highest BCUT2D eigenvalue weighted by Gasteiger charge is 2.57. The first kappa shape index (κ1) is 8.53. The van der Waals surface area contributed by atoms with Crippen LogP contribution in [0.2, 0.25) is 0 Å². The van der Waals surface area contributed by atoms with E-state index in [2.05, 4.69) is 0 Å². The average molecular weight is 184 g/mol. The van der Waals surface area contributed by atoms with Gasteiger partial charge in [-0.3, -0.25) is 9.59 Å². The fourth-order valence-electron chi connectivity index (χ4n) is 2.55. The lowest BCUT2D eigenvalue weighted by Gasteiger charge is -2.24. The lowest BCUT2D eigenvalue weighted by atomic mass is 9.77. The second-order valence-electron chi connectivity index (χ2n) is 4.13. The third kappa shape index (κ3) is 1.04. The Hall–Kier alpha value is -1.06. The molecule has 1 aliphatic carbocycles. The number of rotatable bonds is 1. The van der Waals surface area contributed by atoms with E-state index in [0.29, 0.717) is 12.8 Å². The Bertz CT molecular complexity index is 273. The number of hydrogen-bond donors (Lipinski definition) is 1. The third-order valence-electron chi connectivity index (χ3n) is 3.35. The van der Waals surface area contributed by atoms with Crippen LogP contribution in [0.5, 0.6) is 0 Å². The number of carboxylic acid groups (broad SMARTS) is 1. The summed E-state index contributed by atoms with van der Waals surface area (Å²) in [5, 5.41) is 8.94. The van der Waals surface area contributed by atoms with Crippen molar-refractivity contribution in [3.8, 4) is 0 Å². The fraction of sp³-hybridized carbons (Fsp3) is 0.778. The molecule has 0 radical (unpaired) electrons. The summed E-state index contributed by atoms with van der Waals surface area (Å²) in [5.41, 5.74) is -0.455. The summed E-state index contributed by atoms with van der Waals surface area (Å²) < 4.78 is 5.07. The van der Waals surface area contributed by atoms with Crippen LogP contribution in [0.3, 0.4) is 0 Å². The molecule has 2 aliphatic rings. The van der Waals surface area contributed by atoms with Gasteiger partial charge in [-0.05, 0) is 12.8 Å². The Labute approximate surface area is 75.9 Å². The van der Waals surface area contributed by atoms with Crippen LogP contribution in [0.4, 0.5) is 0 Å². The predicted octanol–water partition coefficient (Wildman–Crippen LogP) is 0.803. The molecule has 4 heteroatoms. The summed E-state index contributed by atoms with van der Waals surface area (Å²) in [4.78, 5) is 21.9. The zero-order valence-electron chi connectivity index (χ0n) is 7.45. The molecule has 1 saturated carbocycles. The van der Waals surface area contributed by atoms with Gasteiger partial charge in [0.2, 0.25) is 0 Å². The second-order valence-corrected chi connectivity index (χ2v) is 4.13. The van der Waals surface area contributed by atoms with Crippen molar-refractivity contribution < 1.29 is 19.4 Å². The van der Waals surface area contributed by atoms with Crippen molar-refractivity contribution in [2.24, 2.45) is 11.3 Å². The van der Waals surface area contributed by atoms with E-state index in [-0.39, 0.29) is 18.5 Å². The van der Waals surface area contributed by atoms with E-state index >= 15 is 0 Å². The van der Waals surface area contributed by atoms with Crippen molar-refractivity contribution in [3.05, 3.63) is 0 Å². The normalized spacial score (nSPS) is 43.0. The molecule has 3 atom stereocenters. The first-order valence-electron chi connectivity index (χ1n) is 4.46. The maximum atomic E-state index is 11.0. The van der Waals surface area contributed by atoms with E-state index < -0.39 is 17.3 Å². The molecule has 1 heterocycles. The predicted molar refractivity (Wildman–Crippen MR) is 43.0 cm³/mol. The molecule has 4 nitrogen and oxygen atoms in total. The molecule has 2 fully saturated rings. The molecule has 72 valence electrons. The minimum absolute atomic E-state index is 0.166. The highest BCUT2D eigenvalue weighted by molar-refractivity contribution is 5.78. The van der Waals surface area contributed by atoms with Gasteiger partial charge in [0.15, 0.2) is 0 Å². The smallest absolute Gasteiger partial charge is 0.307 e. The zero-order valence-corrected chi connectivity index (χ0v) is 7.45. The Balaban J connectivity index is 2.27. The number of ether oxygens (including phenoxy) is 1. The van der Waals surface area contributed by atoms with Crippen LogP contribution in [0.25, 0.3) is 0 Å². The van der Waals surface area contributed by atoms with Gasteiger partial charge in [-0.25, -0.2) is 0 Å². The summed E-state index contributed by atoms with van der Waals surface area (Å²) in [6.45, 7) is 1.84. The summed E-state index contributed by atoms with van der Waals surface area (Å²) in [7, 11) is 0. The maximum Gasteiger partial charge on any atom is 0.307 e. The van der Waals surface area contributed by atoms with Gasteiger partial charge in [0.1, 0.15) is 6.10 Å². The number of carboxylic acids is 1. The molecule has 0 bridgehead atoms. The van der Waals surface area contributed by atoms with Crippen molar-refractivity contribution in [2.45, 2.75) is 32.3 Å². The summed E-state index contributed by atoms with van der Waals surface area (Å²) in [6.07, 6.45) is 1.42. The molecule has 13 heavy (non-hydrogen) atoms. The Morgan fingerprint density at radius 1 is 1.62 bits per heavy atom. The van der Waals surface area contributed by atoms with E-state index in [4.69, 9.17) is 9.84 Å². The van der Waals surface area contributed by atoms with Crippen LogP contribution in [-0.4, -0.2) is 23.1 Å². The number of esters is 1. The molecule has 0 amide bonds. The lowest BCUT2D eigenvalue weighted by Crippen LogP contribution is -2.32. The minimum atomic E-state index is -0.802. The summed E-state index contributed by atoms with van der Waals surface area (Å²) in [6, 6.07) is 0. The standard InChI is InChI=1S/C9H12O4/c1-9-4-7(10)13-6(9)3-2-5(9)8(11)12/h5-6H,2-4H2,1H3,(H,11,12). The SMILES string of the molecule is CC12CC(=O)OC1CCC2C(=O)O. The maximum absolute atomic E-state index is 11.0. The monoisotopic (exact) mass is 184 g/mol. The largest absolute Gasteiger partial charge is 0.481 e. The number of aliphatic carboxylic acids is 1. The van der Waals surface area contributed by atoms with Crippen LogP contribution in [0.15, 0.2) is 0 Å². The number of carbonyl (C=O) groups excluding carboxylic acids is 1. The highest BCUT2D eigenvalue weighted by Crippen LogP contribution is 2.51. The van der Waals surface area contributed by atoms with Crippen molar-refractivity contribution in [3.63, 3.8) is 0 Å². The number of carbonyl (C=O) groups is 2. The van der Waals surface area contributed by atoms with Crippen LogP contribution < -0.4 is 0 Å². The molecule has 0 spiro atoms. The van der Waals surface area contributed by atoms with Gasteiger partial charge in [0, 0.05) is 5.41 Å². The van der Waals surface area contributed by atoms with Crippen molar-refractivity contribution in [2.75, 3.05) is 0 Å². The lowest BCUT2D eigenvalue weighted by molar-refractivity contribution is -0.145. The molecular weight excluding hydrogens is 172 g/mol. The van der Waals surface area contributed by atoms with Gasteiger partial charge in [-0.1, -0.05) is 6.92 Å². The third-order valence-corrected chi connectivity index (χ3v) is 3.35. The molecule has 1 aliphatic heterocycles. The first-order valence-corrected chi connectivity index (χ1v) is 4.46. The van der Waals surface area contributed by atoms with E-state index in [1.165, 1.54) is 0 Å². The van der Waals surface area contributed by atoms with Gasteiger partial charge in [-0.2, -0.15) is 0 Å². The topological polar surface area (TPSA) is 63.6 Å². The van der Waals surface area contributed by atoms with Crippen molar-refractivity contribution in [1.29, 1.82) is 0 Å². The van der Waals surface area contributed by atoms with E-state index in [0.717, 1.165) is 0 Å². The molecule has 0 aromatic heterocycles. The molecule has 3 unspecified atom stereocenters. The van der Waals surface area contributed by atoms with Crippen molar-refractivity contribution in [1.82, 2.24) is 0 Å². The highest BCUT2D eigenvalue weighted by atomic mass is 16.6. The van der Waals surface area contributed by atoms with E-state index in [1.54, 1.807) is 0 Å². The average Bonchev–Trinajstić information content (AvgIpc) is 2.39. The number of fused-ring (bicyclic) bond motifs is 1. The quantitative estimate of drug-likeness (QED) is 0.612. The molecule has 0 aromatic rings. The van der Waals surface area contributed by atoms with Crippen LogP contribution >= 0.6 is 0 Å². The summed E-state index contributed by atoms with van der Waals surface area (Å²) >= 11 is 0. The van der Waals surface area contributed by atoms with Gasteiger partial charge in [0.25, 0.3) is 0 Å². The molecule has 0 aromatic carbocycles. The molecule has 1 N–H and O–H groups in total. The van der Waals surface area contributed by atoms with E-state index in [9.17, 15) is 9.59 Å². The second kappa shape index (κ2) is 2.47. The van der Waals surface area contributed by atoms with Gasteiger partial charge >= 0.3 is 11.9 Å². The fourth-order valence-corrected chi connectivity index (χ4v) is 2.55. The van der Waals surface area contributed by atoms with Gasteiger partial charge in [0.05, 0.1) is 12.3 Å². The molecule has 2 rings (SSSR count). The zero-order chi connectivity index (χ0) is 9.64. The molecule has 1 saturated heterocycles. The Morgan fingerprint density at radius 3 is 2.92 bits per heavy atom. The Kier molecular flexibility index (Phi) is 1.62. The van der Waals surface area contributed by atoms with Gasteiger partial charge < -0.3 is 9.84 Å². The minimum Gasteiger partial charge on any atom is -0.481 e. The van der Waals surface area contributed by atoms with Crippen LogP contribution in [0.1, 0.15) is 26.2 Å². The number of hydrogen-bond acceptors (Lipinski definition) is 3. The van der Waals surface area contributed by atoms with E-state index in [1.807, 2.05) is 6.92 Å². The summed E-state index contributed by atoms with van der Waals surface area (Å²) in [5.74, 6) is -1.47. The van der Waals surface area contributed by atoms with Crippen LogP contribution in [-0.2, 0) is 14.3 Å².